The van der Waals surface area contributed by atoms with Crippen LogP contribution in [0.2, 0.25) is 0 Å². The van der Waals surface area contributed by atoms with E-state index in [1.54, 1.807) is 30.2 Å². The Morgan fingerprint density at radius 3 is 2.79 bits per heavy atom. The molecule has 1 heterocycles. The maximum absolute atomic E-state index is 12.1. The first kappa shape index (κ1) is 13.5. The minimum Gasteiger partial charge on any atom is -0.478 e. The van der Waals surface area contributed by atoms with Gasteiger partial charge in [-0.3, -0.25) is 4.79 Å². The van der Waals surface area contributed by atoms with Crippen LogP contribution in [0.25, 0.3) is 0 Å². The van der Waals surface area contributed by atoms with Crippen molar-refractivity contribution in [1.82, 2.24) is 4.90 Å². The molecule has 1 unspecified atom stereocenters. The molecular weight excluding hydrogens is 246 g/mol. The number of likely N-dealkylation sites (tertiary alicyclic amines) is 1. The van der Waals surface area contributed by atoms with Crippen molar-refractivity contribution in [2.45, 2.75) is 18.9 Å². The number of methoxy groups -OCH3 is 1. The van der Waals surface area contributed by atoms with Gasteiger partial charge in [-0.2, -0.15) is 0 Å². The minimum absolute atomic E-state index is 0.0479. The van der Waals surface area contributed by atoms with Crippen molar-refractivity contribution in [3.63, 3.8) is 0 Å². The number of carbonyl (C=O) groups excluding carboxylic acids is 1. The van der Waals surface area contributed by atoms with Crippen LogP contribution in [0.3, 0.4) is 0 Å². The van der Waals surface area contributed by atoms with Crippen LogP contribution in [0, 0.1) is 0 Å². The molecule has 1 aliphatic rings. The smallest absolute Gasteiger partial charge is 0.335 e. The second-order valence-electron chi connectivity index (χ2n) is 4.63. The Morgan fingerprint density at radius 2 is 2.16 bits per heavy atom. The number of ether oxygens (including phenoxy) is 1. The Balaban J connectivity index is 2.05. The van der Waals surface area contributed by atoms with Crippen molar-refractivity contribution < 1.29 is 19.4 Å². The molecule has 19 heavy (non-hydrogen) atoms. The molecule has 1 aromatic rings. The monoisotopic (exact) mass is 263 g/mol. The molecule has 102 valence electrons. The lowest BCUT2D eigenvalue weighted by molar-refractivity contribution is -0.129. The summed E-state index contributed by atoms with van der Waals surface area (Å²) in [6.07, 6.45) is 1.06. The number of hydrogen-bond donors (Lipinski definition) is 1. The molecule has 0 aliphatic carbocycles. The molecule has 0 bridgehead atoms. The first-order valence-corrected chi connectivity index (χ1v) is 6.23. The first-order chi connectivity index (χ1) is 9.11. The summed E-state index contributed by atoms with van der Waals surface area (Å²) in [7, 11) is 1.64. The molecule has 1 aliphatic heterocycles. The second kappa shape index (κ2) is 5.84. The SMILES string of the molecule is COC1CCN(C(=O)Cc2ccccc2C(=O)O)C1. The summed E-state index contributed by atoms with van der Waals surface area (Å²) in [6, 6.07) is 6.61. The molecule has 1 saturated heterocycles. The number of hydrogen-bond acceptors (Lipinski definition) is 3. The molecule has 0 saturated carbocycles. The summed E-state index contributed by atoms with van der Waals surface area (Å²) >= 11 is 0. The number of carboxylic acids is 1. The molecule has 0 radical (unpaired) electrons. The van der Waals surface area contributed by atoms with E-state index < -0.39 is 5.97 Å². The molecule has 5 heteroatoms. The normalized spacial score (nSPS) is 18.6. The maximum atomic E-state index is 12.1. The number of benzene rings is 1. The number of aromatic carboxylic acids is 1. The van der Waals surface area contributed by atoms with Gasteiger partial charge in [-0.25, -0.2) is 4.79 Å². The molecule has 5 nitrogen and oxygen atoms in total. The summed E-state index contributed by atoms with van der Waals surface area (Å²) < 4.78 is 5.22. The fourth-order valence-corrected chi connectivity index (χ4v) is 2.30. The quantitative estimate of drug-likeness (QED) is 0.885. The molecule has 0 aromatic heterocycles. The van der Waals surface area contributed by atoms with Crippen molar-refractivity contribution in [2.75, 3.05) is 20.2 Å². The average molecular weight is 263 g/mol. The highest BCUT2D eigenvalue weighted by Crippen LogP contribution is 2.15. The third-order valence-corrected chi connectivity index (χ3v) is 3.42. The van der Waals surface area contributed by atoms with Crippen LogP contribution in [-0.2, 0) is 16.0 Å². The largest absolute Gasteiger partial charge is 0.478 e. The van der Waals surface area contributed by atoms with Crippen molar-refractivity contribution >= 4 is 11.9 Å². The van der Waals surface area contributed by atoms with Gasteiger partial charge in [0, 0.05) is 20.2 Å². The van der Waals surface area contributed by atoms with E-state index >= 15 is 0 Å². The average Bonchev–Trinajstić information content (AvgIpc) is 2.88. The van der Waals surface area contributed by atoms with E-state index in [0.717, 1.165) is 6.42 Å². The zero-order valence-corrected chi connectivity index (χ0v) is 10.8. The van der Waals surface area contributed by atoms with Gasteiger partial charge in [-0.05, 0) is 18.1 Å². The lowest BCUT2D eigenvalue weighted by atomic mass is 10.0. The zero-order chi connectivity index (χ0) is 13.8. The van der Waals surface area contributed by atoms with Gasteiger partial charge in [0.1, 0.15) is 0 Å². The lowest BCUT2D eigenvalue weighted by Crippen LogP contribution is -2.31. The van der Waals surface area contributed by atoms with Crippen LogP contribution in [0.15, 0.2) is 24.3 Å². The Kier molecular flexibility index (Phi) is 4.16. The second-order valence-corrected chi connectivity index (χ2v) is 4.63. The topological polar surface area (TPSA) is 66.8 Å². The minimum atomic E-state index is -1.00. The predicted octanol–water partition coefficient (Wildman–Crippen LogP) is 1.17. The number of carbonyl (C=O) groups is 2. The Hall–Kier alpha value is -1.88. The number of carboxylic acid groups (broad SMARTS) is 1. The van der Waals surface area contributed by atoms with Gasteiger partial charge in [-0.15, -0.1) is 0 Å². The van der Waals surface area contributed by atoms with Crippen LogP contribution < -0.4 is 0 Å². The Morgan fingerprint density at radius 1 is 1.42 bits per heavy atom. The van der Waals surface area contributed by atoms with Crippen LogP contribution in [-0.4, -0.2) is 48.2 Å². The van der Waals surface area contributed by atoms with Crippen LogP contribution in [0.4, 0.5) is 0 Å². The van der Waals surface area contributed by atoms with Gasteiger partial charge >= 0.3 is 5.97 Å². The molecule has 1 aromatic carbocycles. The van der Waals surface area contributed by atoms with Gasteiger partial charge in [-0.1, -0.05) is 18.2 Å². The van der Waals surface area contributed by atoms with Gasteiger partial charge < -0.3 is 14.7 Å². The number of rotatable bonds is 4. The van der Waals surface area contributed by atoms with Gasteiger partial charge in [0.05, 0.1) is 18.1 Å². The summed E-state index contributed by atoms with van der Waals surface area (Å²) in [4.78, 5) is 24.9. The van der Waals surface area contributed by atoms with E-state index in [1.165, 1.54) is 6.07 Å². The summed E-state index contributed by atoms with van der Waals surface area (Å²) in [6.45, 7) is 1.26. The van der Waals surface area contributed by atoms with Gasteiger partial charge in [0.2, 0.25) is 5.91 Å². The fraction of sp³-hybridized carbons (Fsp3) is 0.429. The van der Waals surface area contributed by atoms with E-state index in [-0.39, 0.29) is 24.0 Å². The molecule has 1 atom stereocenters. The van der Waals surface area contributed by atoms with Gasteiger partial charge in [0.15, 0.2) is 0 Å². The van der Waals surface area contributed by atoms with E-state index in [9.17, 15) is 9.59 Å². The molecule has 1 N–H and O–H groups in total. The van der Waals surface area contributed by atoms with E-state index in [1.807, 2.05) is 0 Å². The third kappa shape index (κ3) is 3.12. The van der Waals surface area contributed by atoms with E-state index in [0.29, 0.717) is 18.7 Å². The summed E-state index contributed by atoms with van der Waals surface area (Å²) in [5, 5.41) is 9.08. The highest BCUT2D eigenvalue weighted by molar-refractivity contribution is 5.91. The van der Waals surface area contributed by atoms with Crippen molar-refractivity contribution in [3.05, 3.63) is 35.4 Å². The molecule has 1 amide bonds. The Bertz CT molecular complexity index is 486. The molecular formula is C14H17NO4. The number of amides is 1. The lowest BCUT2D eigenvalue weighted by Gasteiger charge is -2.16. The highest BCUT2D eigenvalue weighted by Gasteiger charge is 2.26. The molecule has 0 spiro atoms. The zero-order valence-electron chi connectivity index (χ0n) is 10.8. The van der Waals surface area contributed by atoms with Crippen LogP contribution >= 0.6 is 0 Å². The van der Waals surface area contributed by atoms with Crippen molar-refractivity contribution in [1.29, 1.82) is 0 Å². The van der Waals surface area contributed by atoms with Gasteiger partial charge in [0.25, 0.3) is 0 Å². The third-order valence-electron chi connectivity index (χ3n) is 3.42. The summed E-state index contributed by atoms with van der Waals surface area (Å²) in [5.74, 6) is -1.05. The number of nitrogens with zero attached hydrogens (tertiary/aromatic N) is 1. The van der Waals surface area contributed by atoms with E-state index in [2.05, 4.69) is 0 Å². The molecule has 2 rings (SSSR count). The summed E-state index contributed by atoms with van der Waals surface area (Å²) in [5.41, 5.74) is 0.749. The first-order valence-electron chi connectivity index (χ1n) is 6.23. The maximum Gasteiger partial charge on any atom is 0.335 e. The highest BCUT2D eigenvalue weighted by atomic mass is 16.5. The van der Waals surface area contributed by atoms with Crippen molar-refractivity contribution in [2.24, 2.45) is 0 Å². The van der Waals surface area contributed by atoms with Crippen LogP contribution in [0.5, 0.6) is 0 Å². The van der Waals surface area contributed by atoms with Crippen LogP contribution in [0.1, 0.15) is 22.3 Å². The fourth-order valence-electron chi connectivity index (χ4n) is 2.30. The Labute approximate surface area is 111 Å². The van der Waals surface area contributed by atoms with E-state index in [4.69, 9.17) is 9.84 Å². The standard InChI is InChI=1S/C14H17NO4/c1-19-11-6-7-15(9-11)13(16)8-10-4-2-3-5-12(10)14(17)18/h2-5,11H,6-9H2,1H3,(H,17,18). The predicted molar refractivity (Wildman–Crippen MR) is 69.1 cm³/mol. The van der Waals surface area contributed by atoms with Crippen molar-refractivity contribution in [3.8, 4) is 0 Å². The molecule has 1 fully saturated rings.